The van der Waals surface area contributed by atoms with Crippen LogP contribution in [-0.2, 0) is 6.54 Å². The molecule has 0 N–H and O–H groups in total. The molecule has 0 radical (unpaired) electrons. The van der Waals surface area contributed by atoms with Crippen molar-refractivity contribution < 1.29 is 17.9 Å². The predicted octanol–water partition coefficient (Wildman–Crippen LogP) is 4.59. The van der Waals surface area contributed by atoms with E-state index in [2.05, 4.69) is 14.9 Å². The highest BCUT2D eigenvalue weighted by molar-refractivity contribution is 7.13. The van der Waals surface area contributed by atoms with E-state index in [9.17, 15) is 8.78 Å². The van der Waals surface area contributed by atoms with Gasteiger partial charge in [0.25, 0.3) is 5.89 Å². The van der Waals surface area contributed by atoms with Gasteiger partial charge in [0.1, 0.15) is 5.75 Å². The highest BCUT2D eigenvalue weighted by atomic mass is 32.1. The standard InChI is InChI=1S/C17H17F2N3O2S/c1-11(15-20-21-16(24-15)14-4-3-9-25-14)22(2)10-12-5-7-13(8-6-12)23-17(18)19/h3-9,11,17H,10H2,1-2H3. The fraction of sp³-hybridized carbons (Fsp3) is 0.294. The van der Waals surface area contributed by atoms with Crippen LogP contribution in [0.4, 0.5) is 8.78 Å². The molecule has 0 aliphatic rings. The van der Waals surface area contributed by atoms with Crippen molar-refractivity contribution in [3.63, 3.8) is 0 Å². The van der Waals surface area contributed by atoms with Gasteiger partial charge in [-0.05, 0) is 43.1 Å². The number of thiophene rings is 1. The first kappa shape index (κ1) is 17.5. The van der Waals surface area contributed by atoms with Crippen LogP contribution >= 0.6 is 11.3 Å². The normalized spacial score (nSPS) is 12.7. The zero-order valence-electron chi connectivity index (χ0n) is 13.7. The van der Waals surface area contributed by atoms with E-state index in [-0.39, 0.29) is 11.8 Å². The highest BCUT2D eigenvalue weighted by Crippen LogP contribution is 2.27. The number of alkyl halides is 2. The Morgan fingerprint density at radius 3 is 2.60 bits per heavy atom. The molecule has 0 aliphatic heterocycles. The first-order chi connectivity index (χ1) is 12.0. The van der Waals surface area contributed by atoms with E-state index < -0.39 is 6.61 Å². The minimum absolute atomic E-state index is 0.0850. The van der Waals surface area contributed by atoms with Crippen LogP contribution in [0.5, 0.6) is 5.75 Å². The average molecular weight is 365 g/mol. The lowest BCUT2D eigenvalue weighted by molar-refractivity contribution is -0.0498. The molecule has 2 heterocycles. The zero-order chi connectivity index (χ0) is 17.8. The first-order valence-electron chi connectivity index (χ1n) is 7.64. The summed E-state index contributed by atoms with van der Waals surface area (Å²) >= 11 is 1.54. The van der Waals surface area contributed by atoms with E-state index in [1.54, 1.807) is 23.5 Å². The first-order valence-corrected chi connectivity index (χ1v) is 8.52. The van der Waals surface area contributed by atoms with Crippen molar-refractivity contribution in [1.29, 1.82) is 0 Å². The maximum Gasteiger partial charge on any atom is 0.387 e. The SMILES string of the molecule is CC(c1nnc(-c2cccs2)o1)N(C)Cc1ccc(OC(F)F)cc1. The van der Waals surface area contributed by atoms with E-state index in [0.717, 1.165) is 10.4 Å². The molecule has 1 atom stereocenters. The fourth-order valence-corrected chi connectivity index (χ4v) is 2.94. The van der Waals surface area contributed by atoms with Crippen molar-refractivity contribution in [3.8, 4) is 16.5 Å². The van der Waals surface area contributed by atoms with Crippen LogP contribution in [0.3, 0.4) is 0 Å². The Balaban J connectivity index is 1.63. The van der Waals surface area contributed by atoms with Crippen LogP contribution in [0.25, 0.3) is 10.8 Å². The van der Waals surface area contributed by atoms with Gasteiger partial charge >= 0.3 is 6.61 Å². The Morgan fingerprint density at radius 1 is 1.20 bits per heavy atom. The van der Waals surface area contributed by atoms with Gasteiger partial charge in [-0.25, -0.2) is 0 Å². The summed E-state index contributed by atoms with van der Waals surface area (Å²) in [6.45, 7) is -0.240. The molecule has 132 valence electrons. The molecule has 2 aromatic heterocycles. The summed E-state index contributed by atoms with van der Waals surface area (Å²) in [5, 5.41) is 10.2. The molecule has 8 heteroatoms. The van der Waals surface area contributed by atoms with Gasteiger partial charge in [0.15, 0.2) is 0 Å². The van der Waals surface area contributed by atoms with Gasteiger partial charge in [-0.3, -0.25) is 4.90 Å². The van der Waals surface area contributed by atoms with E-state index in [4.69, 9.17) is 4.42 Å². The van der Waals surface area contributed by atoms with Crippen LogP contribution < -0.4 is 4.74 Å². The Bertz CT molecular complexity index is 791. The van der Waals surface area contributed by atoms with Crippen LogP contribution in [0, 0.1) is 0 Å². The van der Waals surface area contributed by atoms with E-state index in [1.807, 2.05) is 36.4 Å². The summed E-state index contributed by atoms with van der Waals surface area (Å²) in [5.41, 5.74) is 0.967. The molecular weight excluding hydrogens is 348 g/mol. The molecule has 3 rings (SSSR count). The van der Waals surface area contributed by atoms with Gasteiger partial charge in [0, 0.05) is 6.54 Å². The van der Waals surface area contributed by atoms with Crippen molar-refractivity contribution in [1.82, 2.24) is 15.1 Å². The Kier molecular flexibility index (Phi) is 5.40. The molecule has 1 aromatic carbocycles. The largest absolute Gasteiger partial charge is 0.435 e. The minimum atomic E-state index is -2.82. The second kappa shape index (κ2) is 7.71. The van der Waals surface area contributed by atoms with Gasteiger partial charge in [0.05, 0.1) is 10.9 Å². The van der Waals surface area contributed by atoms with Crippen molar-refractivity contribution in [3.05, 3.63) is 53.2 Å². The molecule has 0 bridgehead atoms. The molecule has 0 spiro atoms. The van der Waals surface area contributed by atoms with Gasteiger partial charge in [-0.15, -0.1) is 21.5 Å². The maximum atomic E-state index is 12.2. The van der Waals surface area contributed by atoms with Crippen LogP contribution in [-0.4, -0.2) is 28.8 Å². The molecule has 5 nitrogen and oxygen atoms in total. The number of nitrogens with zero attached hydrogens (tertiary/aromatic N) is 3. The lowest BCUT2D eigenvalue weighted by Gasteiger charge is -2.21. The molecule has 0 aliphatic carbocycles. The number of ether oxygens (including phenoxy) is 1. The number of rotatable bonds is 7. The number of aromatic nitrogens is 2. The van der Waals surface area contributed by atoms with Crippen LogP contribution in [0.2, 0.25) is 0 Å². The third kappa shape index (κ3) is 4.40. The van der Waals surface area contributed by atoms with E-state index in [0.29, 0.717) is 18.3 Å². The van der Waals surface area contributed by atoms with E-state index >= 15 is 0 Å². The Labute approximate surface area is 147 Å². The second-order valence-corrected chi connectivity index (χ2v) is 6.48. The quantitative estimate of drug-likeness (QED) is 0.613. The summed E-state index contributed by atoms with van der Waals surface area (Å²) in [4.78, 5) is 2.97. The number of halogens is 2. The maximum absolute atomic E-state index is 12.2. The molecule has 0 amide bonds. The van der Waals surface area contributed by atoms with Crippen molar-refractivity contribution in [2.75, 3.05) is 7.05 Å². The second-order valence-electron chi connectivity index (χ2n) is 5.54. The summed E-state index contributed by atoms with van der Waals surface area (Å²) in [7, 11) is 1.93. The van der Waals surface area contributed by atoms with Gasteiger partial charge < -0.3 is 9.15 Å². The smallest absolute Gasteiger partial charge is 0.387 e. The molecule has 3 aromatic rings. The third-order valence-corrected chi connectivity index (χ3v) is 4.63. The van der Waals surface area contributed by atoms with Crippen molar-refractivity contribution in [2.45, 2.75) is 26.1 Å². The highest BCUT2D eigenvalue weighted by Gasteiger charge is 2.19. The Hall–Kier alpha value is -2.32. The van der Waals surface area contributed by atoms with Crippen molar-refractivity contribution >= 4 is 11.3 Å². The summed E-state index contributed by atoms with van der Waals surface area (Å²) < 4.78 is 34.5. The van der Waals surface area contributed by atoms with Gasteiger partial charge in [-0.1, -0.05) is 18.2 Å². The van der Waals surface area contributed by atoms with Crippen LogP contribution in [0.1, 0.15) is 24.4 Å². The number of hydrogen-bond acceptors (Lipinski definition) is 6. The van der Waals surface area contributed by atoms with Crippen molar-refractivity contribution in [2.24, 2.45) is 0 Å². The monoisotopic (exact) mass is 365 g/mol. The average Bonchev–Trinajstić information content (AvgIpc) is 3.26. The third-order valence-electron chi connectivity index (χ3n) is 3.77. The fourth-order valence-electron chi connectivity index (χ4n) is 2.29. The van der Waals surface area contributed by atoms with E-state index in [1.165, 1.54) is 12.1 Å². The summed E-state index contributed by atoms with van der Waals surface area (Å²) in [5.74, 6) is 1.19. The topological polar surface area (TPSA) is 51.4 Å². The zero-order valence-corrected chi connectivity index (χ0v) is 14.5. The Morgan fingerprint density at radius 2 is 1.96 bits per heavy atom. The molecule has 0 fully saturated rings. The summed E-state index contributed by atoms with van der Waals surface area (Å²) in [6.07, 6.45) is 0. The van der Waals surface area contributed by atoms with Gasteiger partial charge in [0.2, 0.25) is 5.89 Å². The summed E-state index contributed by atoms with van der Waals surface area (Å²) in [6, 6.07) is 10.3. The molecule has 0 saturated heterocycles. The molecule has 0 saturated carbocycles. The lowest BCUT2D eigenvalue weighted by atomic mass is 10.2. The molecule has 25 heavy (non-hydrogen) atoms. The number of benzene rings is 1. The number of hydrogen-bond donors (Lipinski definition) is 0. The van der Waals surface area contributed by atoms with Crippen LogP contribution in [0.15, 0.2) is 46.2 Å². The predicted molar refractivity (Wildman–Crippen MR) is 90.6 cm³/mol. The molecule has 1 unspecified atom stereocenters. The lowest BCUT2D eigenvalue weighted by Crippen LogP contribution is -2.22. The minimum Gasteiger partial charge on any atom is -0.435 e. The van der Waals surface area contributed by atoms with Gasteiger partial charge in [-0.2, -0.15) is 8.78 Å². The molecular formula is C17H17F2N3O2S.